The second-order valence-electron chi connectivity index (χ2n) is 5.78. The molecule has 1 fully saturated rings. The van der Waals surface area contributed by atoms with Crippen LogP contribution in [-0.4, -0.2) is 32.7 Å². The van der Waals surface area contributed by atoms with E-state index in [1.807, 2.05) is 60.7 Å². The zero-order chi connectivity index (χ0) is 18.5. The van der Waals surface area contributed by atoms with Gasteiger partial charge in [0.2, 0.25) is 0 Å². The van der Waals surface area contributed by atoms with Crippen molar-refractivity contribution >= 4 is 46.3 Å². The summed E-state index contributed by atoms with van der Waals surface area (Å²) < 4.78 is 0.476. The minimum atomic E-state index is -0.872. The first-order valence-corrected chi connectivity index (χ1v) is 9.40. The van der Waals surface area contributed by atoms with Gasteiger partial charge in [-0.3, -0.25) is 14.5 Å². The molecule has 4 nitrogen and oxygen atoms in total. The first kappa shape index (κ1) is 18.4. The number of hydrogen-bond acceptors (Lipinski definition) is 4. The van der Waals surface area contributed by atoms with E-state index in [4.69, 9.17) is 17.3 Å². The van der Waals surface area contributed by atoms with Crippen molar-refractivity contribution in [2.75, 3.05) is 6.54 Å². The summed E-state index contributed by atoms with van der Waals surface area (Å²) in [5.41, 5.74) is 3.07. The predicted octanol–water partition coefficient (Wildman–Crippen LogP) is 4.42. The van der Waals surface area contributed by atoms with Gasteiger partial charge in [-0.15, -0.1) is 0 Å². The van der Waals surface area contributed by atoms with E-state index in [0.717, 1.165) is 16.7 Å². The molecule has 1 N–H and O–H groups in total. The lowest BCUT2D eigenvalue weighted by atomic mass is 9.99. The molecule has 3 rings (SSSR count). The van der Waals surface area contributed by atoms with E-state index in [0.29, 0.717) is 22.2 Å². The second-order valence-corrected chi connectivity index (χ2v) is 7.46. The Kier molecular flexibility index (Phi) is 5.85. The second kappa shape index (κ2) is 8.29. The van der Waals surface area contributed by atoms with Gasteiger partial charge in [0, 0.05) is 13.0 Å². The van der Waals surface area contributed by atoms with Crippen molar-refractivity contribution in [3.63, 3.8) is 0 Å². The Balaban J connectivity index is 1.84. The Morgan fingerprint density at radius 1 is 1.12 bits per heavy atom. The summed E-state index contributed by atoms with van der Waals surface area (Å²) in [6, 6.07) is 17.9. The number of aliphatic carboxylic acids is 1. The van der Waals surface area contributed by atoms with E-state index in [2.05, 4.69) is 0 Å². The molecular formula is C20H17NO3S2. The Labute approximate surface area is 161 Å². The van der Waals surface area contributed by atoms with Crippen molar-refractivity contribution in [2.45, 2.75) is 12.8 Å². The molecule has 0 radical (unpaired) electrons. The standard InChI is InChI=1S/C20H17NO3S2/c22-18(23)11-6-12-21-19(24)17(26-20(21)25)13-15-9-4-5-10-16(15)14-7-2-1-3-8-14/h1-5,7-10,13H,6,11-12H2,(H,22,23)/b17-13-. The highest BCUT2D eigenvalue weighted by Crippen LogP contribution is 2.34. The molecule has 0 aliphatic carbocycles. The van der Waals surface area contributed by atoms with Crippen molar-refractivity contribution in [3.8, 4) is 11.1 Å². The number of carbonyl (C=O) groups excluding carboxylic acids is 1. The lowest BCUT2D eigenvalue weighted by Crippen LogP contribution is -2.29. The average molecular weight is 383 g/mol. The van der Waals surface area contributed by atoms with Gasteiger partial charge in [0.1, 0.15) is 4.32 Å². The molecular weight excluding hydrogens is 366 g/mol. The minimum absolute atomic E-state index is 0.0208. The van der Waals surface area contributed by atoms with Gasteiger partial charge in [-0.1, -0.05) is 78.6 Å². The quantitative estimate of drug-likeness (QED) is 0.591. The van der Waals surface area contributed by atoms with Gasteiger partial charge in [-0.25, -0.2) is 0 Å². The zero-order valence-electron chi connectivity index (χ0n) is 13.9. The lowest BCUT2D eigenvalue weighted by molar-refractivity contribution is -0.137. The Bertz CT molecular complexity index is 878. The molecule has 0 saturated carbocycles. The fourth-order valence-electron chi connectivity index (χ4n) is 2.73. The summed E-state index contributed by atoms with van der Waals surface area (Å²) in [4.78, 5) is 25.4. The van der Waals surface area contributed by atoms with E-state index < -0.39 is 5.97 Å². The van der Waals surface area contributed by atoms with E-state index in [9.17, 15) is 9.59 Å². The van der Waals surface area contributed by atoms with Crippen LogP contribution in [0.4, 0.5) is 0 Å². The fourth-order valence-corrected chi connectivity index (χ4v) is 4.03. The smallest absolute Gasteiger partial charge is 0.303 e. The first-order valence-electron chi connectivity index (χ1n) is 8.18. The zero-order valence-corrected chi connectivity index (χ0v) is 15.6. The Hall–Kier alpha value is -2.44. The van der Waals surface area contributed by atoms with Crippen LogP contribution in [0.2, 0.25) is 0 Å². The predicted molar refractivity (Wildman–Crippen MR) is 109 cm³/mol. The van der Waals surface area contributed by atoms with Crippen molar-refractivity contribution in [1.82, 2.24) is 4.90 Å². The number of rotatable bonds is 6. The number of thioether (sulfide) groups is 1. The highest BCUT2D eigenvalue weighted by atomic mass is 32.2. The SMILES string of the molecule is O=C(O)CCCN1C(=O)/C(=C/c2ccccc2-c2ccccc2)SC1=S. The number of benzene rings is 2. The summed E-state index contributed by atoms with van der Waals surface area (Å²) in [6.45, 7) is 0.328. The largest absolute Gasteiger partial charge is 0.481 e. The van der Waals surface area contributed by atoms with Crippen molar-refractivity contribution in [3.05, 3.63) is 65.1 Å². The summed E-state index contributed by atoms with van der Waals surface area (Å²) in [6.07, 6.45) is 2.27. The van der Waals surface area contributed by atoms with E-state index in [1.165, 1.54) is 16.7 Å². The molecule has 2 aromatic rings. The van der Waals surface area contributed by atoms with Gasteiger partial charge in [-0.2, -0.15) is 0 Å². The van der Waals surface area contributed by atoms with Crippen molar-refractivity contribution in [2.24, 2.45) is 0 Å². The van der Waals surface area contributed by atoms with Crippen LogP contribution in [-0.2, 0) is 9.59 Å². The number of nitrogens with zero attached hydrogens (tertiary/aromatic N) is 1. The summed E-state index contributed by atoms with van der Waals surface area (Å²) in [7, 11) is 0. The maximum Gasteiger partial charge on any atom is 0.303 e. The lowest BCUT2D eigenvalue weighted by Gasteiger charge is -2.13. The minimum Gasteiger partial charge on any atom is -0.481 e. The summed E-state index contributed by atoms with van der Waals surface area (Å²) in [5.74, 6) is -1.03. The number of amides is 1. The molecule has 0 aromatic heterocycles. The third-order valence-electron chi connectivity index (χ3n) is 3.98. The fraction of sp³-hybridized carbons (Fsp3) is 0.150. The maximum absolute atomic E-state index is 12.6. The third kappa shape index (κ3) is 4.20. The number of carboxylic acids is 1. The van der Waals surface area contributed by atoms with E-state index in [-0.39, 0.29) is 12.3 Å². The Morgan fingerprint density at radius 2 is 1.81 bits per heavy atom. The molecule has 1 heterocycles. The van der Waals surface area contributed by atoms with Crippen LogP contribution < -0.4 is 0 Å². The monoisotopic (exact) mass is 383 g/mol. The number of carbonyl (C=O) groups is 2. The van der Waals surface area contributed by atoms with Crippen molar-refractivity contribution < 1.29 is 14.7 Å². The molecule has 1 saturated heterocycles. The molecule has 1 aliphatic rings. The maximum atomic E-state index is 12.6. The molecule has 26 heavy (non-hydrogen) atoms. The van der Waals surface area contributed by atoms with Gasteiger partial charge in [-0.05, 0) is 29.2 Å². The van der Waals surface area contributed by atoms with Crippen LogP contribution in [0.15, 0.2) is 59.5 Å². The van der Waals surface area contributed by atoms with Gasteiger partial charge in [0.05, 0.1) is 4.91 Å². The third-order valence-corrected chi connectivity index (χ3v) is 5.36. The molecule has 0 spiro atoms. The van der Waals surface area contributed by atoms with E-state index in [1.54, 1.807) is 0 Å². The van der Waals surface area contributed by atoms with Gasteiger partial charge < -0.3 is 5.11 Å². The topological polar surface area (TPSA) is 57.6 Å². The Morgan fingerprint density at radius 3 is 2.54 bits per heavy atom. The number of thiocarbonyl (C=S) groups is 1. The molecule has 2 aromatic carbocycles. The molecule has 0 unspecified atom stereocenters. The van der Waals surface area contributed by atoms with Crippen LogP contribution in [0.3, 0.4) is 0 Å². The van der Waals surface area contributed by atoms with Crippen LogP contribution in [0, 0.1) is 0 Å². The molecule has 1 amide bonds. The van der Waals surface area contributed by atoms with Crippen LogP contribution in [0.25, 0.3) is 17.2 Å². The first-order chi connectivity index (χ1) is 12.6. The van der Waals surface area contributed by atoms with Crippen LogP contribution >= 0.6 is 24.0 Å². The number of hydrogen-bond donors (Lipinski definition) is 1. The average Bonchev–Trinajstić information content (AvgIpc) is 2.90. The highest BCUT2D eigenvalue weighted by Gasteiger charge is 2.31. The summed E-state index contributed by atoms with van der Waals surface area (Å²) in [5, 5.41) is 8.75. The molecule has 132 valence electrons. The molecule has 0 atom stereocenters. The number of carboxylic acid groups (broad SMARTS) is 1. The van der Waals surface area contributed by atoms with E-state index >= 15 is 0 Å². The molecule has 1 aliphatic heterocycles. The summed E-state index contributed by atoms with van der Waals surface area (Å²) >= 11 is 6.56. The normalized spacial score (nSPS) is 15.7. The molecule has 0 bridgehead atoms. The van der Waals surface area contributed by atoms with Crippen molar-refractivity contribution in [1.29, 1.82) is 0 Å². The van der Waals surface area contributed by atoms with Crippen LogP contribution in [0.5, 0.6) is 0 Å². The molecule has 6 heteroatoms. The van der Waals surface area contributed by atoms with Gasteiger partial charge in [0.15, 0.2) is 0 Å². The van der Waals surface area contributed by atoms with Crippen LogP contribution in [0.1, 0.15) is 18.4 Å². The van der Waals surface area contributed by atoms with Gasteiger partial charge in [0.25, 0.3) is 5.91 Å². The highest BCUT2D eigenvalue weighted by molar-refractivity contribution is 8.26. The van der Waals surface area contributed by atoms with Gasteiger partial charge >= 0.3 is 5.97 Å².